The molecule has 18 heavy (non-hydrogen) atoms. The molecule has 0 saturated carbocycles. The SMILES string of the molecule is C=C(C)C[C@@H](c1ccc[nH]1)N1CCNCC1.Cl.Cl. The molecule has 1 fully saturated rings. The number of hydrogen-bond donors (Lipinski definition) is 2. The Morgan fingerprint density at radius 3 is 2.56 bits per heavy atom. The Morgan fingerprint density at radius 1 is 1.39 bits per heavy atom. The van der Waals surface area contributed by atoms with Gasteiger partial charge >= 0.3 is 0 Å². The Hall–Kier alpha value is -0.480. The highest BCUT2D eigenvalue weighted by atomic mass is 35.5. The maximum Gasteiger partial charge on any atom is 0.0536 e. The molecule has 0 spiro atoms. The molecule has 0 aliphatic carbocycles. The number of aromatic nitrogens is 1. The fourth-order valence-corrected chi connectivity index (χ4v) is 2.31. The molecule has 2 heterocycles. The molecule has 0 radical (unpaired) electrons. The number of hydrogen-bond acceptors (Lipinski definition) is 2. The van der Waals surface area contributed by atoms with Gasteiger partial charge in [-0.2, -0.15) is 0 Å². The van der Waals surface area contributed by atoms with Gasteiger partial charge in [0.05, 0.1) is 6.04 Å². The van der Waals surface area contributed by atoms with Crippen LogP contribution >= 0.6 is 24.8 Å². The van der Waals surface area contributed by atoms with Crippen molar-refractivity contribution in [3.05, 3.63) is 36.2 Å². The summed E-state index contributed by atoms with van der Waals surface area (Å²) in [7, 11) is 0. The van der Waals surface area contributed by atoms with E-state index in [1.165, 1.54) is 11.3 Å². The Kier molecular flexibility index (Phi) is 8.36. The molecule has 104 valence electrons. The van der Waals surface area contributed by atoms with E-state index in [2.05, 4.69) is 40.8 Å². The highest BCUT2D eigenvalue weighted by Gasteiger charge is 2.22. The van der Waals surface area contributed by atoms with Crippen molar-refractivity contribution in [2.45, 2.75) is 19.4 Å². The highest BCUT2D eigenvalue weighted by molar-refractivity contribution is 5.85. The van der Waals surface area contributed by atoms with Crippen LogP contribution in [-0.2, 0) is 0 Å². The summed E-state index contributed by atoms with van der Waals surface area (Å²) in [5, 5.41) is 3.39. The molecule has 2 rings (SSSR count). The lowest BCUT2D eigenvalue weighted by molar-refractivity contribution is 0.170. The molecule has 0 bridgehead atoms. The lowest BCUT2D eigenvalue weighted by Gasteiger charge is -2.34. The molecule has 1 atom stereocenters. The van der Waals surface area contributed by atoms with E-state index in [0.717, 1.165) is 32.6 Å². The lowest BCUT2D eigenvalue weighted by Crippen LogP contribution is -2.45. The van der Waals surface area contributed by atoms with E-state index in [0.29, 0.717) is 6.04 Å². The van der Waals surface area contributed by atoms with Crippen LogP contribution in [0.2, 0.25) is 0 Å². The molecular formula is C13H23Cl2N3. The Morgan fingerprint density at radius 2 is 2.06 bits per heavy atom. The van der Waals surface area contributed by atoms with Gasteiger partial charge in [-0.15, -0.1) is 31.4 Å². The van der Waals surface area contributed by atoms with Crippen LogP contribution in [0.4, 0.5) is 0 Å². The summed E-state index contributed by atoms with van der Waals surface area (Å²) in [5.74, 6) is 0. The van der Waals surface area contributed by atoms with Gasteiger partial charge in [0.2, 0.25) is 0 Å². The van der Waals surface area contributed by atoms with Gasteiger partial charge in [0.15, 0.2) is 0 Å². The number of H-pyrrole nitrogens is 1. The minimum Gasteiger partial charge on any atom is -0.364 e. The predicted octanol–water partition coefficient (Wildman–Crippen LogP) is 2.77. The maximum atomic E-state index is 4.04. The van der Waals surface area contributed by atoms with Crippen LogP contribution < -0.4 is 5.32 Å². The molecule has 1 aromatic heterocycles. The molecule has 1 saturated heterocycles. The number of nitrogens with one attached hydrogen (secondary N) is 2. The second-order valence-corrected chi connectivity index (χ2v) is 4.59. The molecule has 2 N–H and O–H groups in total. The molecule has 5 heteroatoms. The normalized spacial score (nSPS) is 17.4. The van der Waals surface area contributed by atoms with Crippen molar-refractivity contribution in [3.8, 4) is 0 Å². The van der Waals surface area contributed by atoms with E-state index in [1.54, 1.807) is 0 Å². The summed E-state index contributed by atoms with van der Waals surface area (Å²) in [6.07, 6.45) is 3.05. The quantitative estimate of drug-likeness (QED) is 0.836. The summed E-state index contributed by atoms with van der Waals surface area (Å²) in [6, 6.07) is 4.72. The van der Waals surface area contributed by atoms with Crippen molar-refractivity contribution in [2.75, 3.05) is 26.2 Å². The van der Waals surface area contributed by atoms with Gasteiger partial charge < -0.3 is 10.3 Å². The number of halogens is 2. The first-order valence-electron chi connectivity index (χ1n) is 6.00. The fraction of sp³-hybridized carbons (Fsp3) is 0.538. The predicted molar refractivity (Wildman–Crippen MR) is 81.9 cm³/mol. The Bertz CT molecular complexity index is 332. The van der Waals surface area contributed by atoms with E-state index >= 15 is 0 Å². The standard InChI is InChI=1S/C13H21N3.2ClH/c1-11(2)10-13(12-4-3-5-15-12)16-8-6-14-7-9-16;;/h3-5,13-15H,1,6-10H2,2H3;2*1H/t13-;;/m0../s1. The molecule has 3 nitrogen and oxygen atoms in total. The zero-order valence-electron chi connectivity index (χ0n) is 10.8. The van der Waals surface area contributed by atoms with Crippen LogP contribution in [0.25, 0.3) is 0 Å². The average Bonchev–Trinajstić information content (AvgIpc) is 2.80. The van der Waals surface area contributed by atoms with Gasteiger partial charge in [-0.25, -0.2) is 0 Å². The lowest BCUT2D eigenvalue weighted by atomic mass is 10.0. The molecule has 1 aromatic rings. The topological polar surface area (TPSA) is 31.1 Å². The number of aromatic amines is 1. The van der Waals surface area contributed by atoms with Gasteiger partial charge in [0.25, 0.3) is 0 Å². The Balaban J connectivity index is 0.00000144. The fourth-order valence-electron chi connectivity index (χ4n) is 2.31. The summed E-state index contributed by atoms with van der Waals surface area (Å²) in [4.78, 5) is 5.88. The smallest absolute Gasteiger partial charge is 0.0536 e. The van der Waals surface area contributed by atoms with Crippen LogP contribution in [0.5, 0.6) is 0 Å². The monoisotopic (exact) mass is 291 g/mol. The molecular weight excluding hydrogens is 269 g/mol. The number of piperazine rings is 1. The molecule has 1 aliphatic rings. The minimum absolute atomic E-state index is 0. The van der Waals surface area contributed by atoms with Gasteiger partial charge in [0.1, 0.15) is 0 Å². The van der Waals surface area contributed by atoms with Gasteiger partial charge in [-0.3, -0.25) is 4.90 Å². The first-order chi connectivity index (χ1) is 7.77. The van der Waals surface area contributed by atoms with Crippen molar-refractivity contribution < 1.29 is 0 Å². The van der Waals surface area contributed by atoms with Gasteiger partial charge in [0, 0.05) is 38.1 Å². The maximum absolute atomic E-state index is 4.04. The van der Waals surface area contributed by atoms with E-state index in [1.807, 2.05) is 6.20 Å². The molecule has 1 aliphatic heterocycles. The van der Waals surface area contributed by atoms with Crippen LogP contribution in [0.3, 0.4) is 0 Å². The second-order valence-electron chi connectivity index (χ2n) is 4.59. The van der Waals surface area contributed by atoms with E-state index < -0.39 is 0 Å². The summed E-state index contributed by atoms with van der Waals surface area (Å²) < 4.78 is 0. The first kappa shape index (κ1) is 17.5. The van der Waals surface area contributed by atoms with Crippen LogP contribution in [0.15, 0.2) is 30.5 Å². The zero-order chi connectivity index (χ0) is 11.4. The molecule has 0 amide bonds. The van der Waals surface area contributed by atoms with Gasteiger partial charge in [-0.1, -0.05) is 5.57 Å². The van der Waals surface area contributed by atoms with Crippen LogP contribution in [0.1, 0.15) is 25.1 Å². The Labute approximate surface area is 122 Å². The van der Waals surface area contributed by atoms with Crippen molar-refractivity contribution in [1.29, 1.82) is 0 Å². The van der Waals surface area contributed by atoms with E-state index in [4.69, 9.17) is 0 Å². The summed E-state index contributed by atoms with van der Waals surface area (Å²) in [5.41, 5.74) is 2.56. The van der Waals surface area contributed by atoms with Crippen molar-refractivity contribution in [3.63, 3.8) is 0 Å². The summed E-state index contributed by atoms with van der Waals surface area (Å²) >= 11 is 0. The average molecular weight is 292 g/mol. The minimum atomic E-state index is 0. The van der Waals surface area contributed by atoms with Crippen LogP contribution in [0, 0.1) is 0 Å². The van der Waals surface area contributed by atoms with Crippen molar-refractivity contribution >= 4 is 24.8 Å². The van der Waals surface area contributed by atoms with E-state index in [9.17, 15) is 0 Å². The third-order valence-electron chi connectivity index (χ3n) is 3.12. The summed E-state index contributed by atoms with van der Waals surface area (Å²) in [6.45, 7) is 10.6. The number of nitrogens with zero attached hydrogens (tertiary/aromatic N) is 1. The molecule has 0 unspecified atom stereocenters. The first-order valence-corrected chi connectivity index (χ1v) is 6.00. The molecule has 0 aromatic carbocycles. The third kappa shape index (κ3) is 4.65. The second kappa shape index (κ2) is 8.59. The van der Waals surface area contributed by atoms with Crippen LogP contribution in [-0.4, -0.2) is 36.1 Å². The third-order valence-corrected chi connectivity index (χ3v) is 3.12. The van der Waals surface area contributed by atoms with Crippen molar-refractivity contribution in [2.24, 2.45) is 0 Å². The van der Waals surface area contributed by atoms with E-state index in [-0.39, 0.29) is 24.8 Å². The largest absolute Gasteiger partial charge is 0.364 e. The van der Waals surface area contributed by atoms with Crippen molar-refractivity contribution in [1.82, 2.24) is 15.2 Å². The number of rotatable bonds is 4. The zero-order valence-corrected chi connectivity index (χ0v) is 12.4. The van der Waals surface area contributed by atoms with Gasteiger partial charge in [-0.05, 0) is 25.5 Å². The highest BCUT2D eigenvalue weighted by Crippen LogP contribution is 2.25.